The molecule has 0 aromatic carbocycles. The third-order valence-electron chi connectivity index (χ3n) is 10.7. The van der Waals surface area contributed by atoms with Crippen LogP contribution in [0.5, 0.6) is 0 Å². The van der Waals surface area contributed by atoms with Gasteiger partial charge in [-0.15, -0.1) is 0 Å². The van der Waals surface area contributed by atoms with E-state index in [-0.39, 0.29) is 89.5 Å². The Hall–Kier alpha value is -4.77. The summed E-state index contributed by atoms with van der Waals surface area (Å²) in [7, 11) is 0. The summed E-state index contributed by atoms with van der Waals surface area (Å²) in [5.41, 5.74) is 43.9. The third kappa shape index (κ3) is 29.4. The number of ketones is 4. The predicted octanol–water partition coefficient (Wildman–Crippen LogP) is 2.42. The molecule has 0 aliphatic rings. The number of guanidine groups is 4. The van der Waals surface area contributed by atoms with Crippen LogP contribution in [0.3, 0.4) is 0 Å². The van der Waals surface area contributed by atoms with Gasteiger partial charge in [-0.25, -0.2) is 0 Å². The van der Waals surface area contributed by atoms with Gasteiger partial charge in [-0.3, -0.25) is 43.9 Å². The number of rotatable bonds is 38. The van der Waals surface area contributed by atoms with Gasteiger partial charge in [0.05, 0.1) is 6.54 Å². The van der Waals surface area contributed by atoms with Crippen LogP contribution in [0.25, 0.3) is 0 Å². The average molecular weight is 848 g/mol. The lowest BCUT2D eigenvalue weighted by Gasteiger charge is -2.20. The third-order valence-corrected chi connectivity index (χ3v) is 10.7. The highest BCUT2D eigenvalue weighted by Crippen LogP contribution is 2.26. The van der Waals surface area contributed by atoms with Gasteiger partial charge in [0.25, 0.3) is 0 Å². The van der Waals surface area contributed by atoms with Crippen LogP contribution in [-0.4, -0.2) is 85.6 Å². The zero-order valence-electron chi connectivity index (χ0n) is 37.0. The van der Waals surface area contributed by atoms with Gasteiger partial charge in [-0.05, 0) is 96.3 Å². The molecule has 0 heterocycles. The van der Waals surface area contributed by atoms with Gasteiger partial charge in [0.15, 0.2) is 29.6 Å². The molecule has 0 aromatic heterocycles. The summed E-state index contributed by atoms with van der Waals surface area (Å²) in [5, 5.41) is 2.76. The van der Waals surface area contributed by atoms with E-state index in [9.17, 15) is 24.0 Å². The Morgan fingerprint density at radius 2 is 0.700 bits per heavy atom. The molecule has 1 amide bonds. The second-order valence-corrected chi connectivity index (χ2v) is 16.1. The zero-order chi connectivity index (χ0) is 45.3. The molecule has 0 aliphatic carbocycles. The van der Waals surface area contributed by atoms with Crippen LogP contribution >= 0.6 is 0 Å². The summed E-state index contributed by atoms with van der Waals surface area (Å²) in [6.07, 6.45) is 11.8. The highest BCUT2D eigenvalue weighted by Gasteiger charge is 2.25. The molecule has 17 N–H and O–H groups in total. The molecule has 344 valence electrons. The summed E-state index contributed by atoms with van der Waals surface area (Å²) < 4.78 is 0. The first-order valence-electron chi connectivity index (χ1n) is 22.1. The van der Waals surface area contributed by atoms with Crippen molar-refractivity contribution in [2.24, 2.45) is 95.4 Å². The summed E-state index contributed by atoms with van der Waals surface area (Å²) in [6.45, 7) is 7.25. The number of nitrogens with two attached hydrogens (primary N) is 8. The van der Waals surface area contributed by atoms with E-state index in [2.05, 4.69) is 32.2 Å². The first-order valence-corrected chi connectivity index (χ1v) is 22.1. The number of nitrogens with one attached hydrogen (secondary N) is 1. The van der Waals surface area contributed by atoms with E-state index in [0.29, 0.717) is 116 Å². The van der Waals surface area contributed by atoms with Crippen molar-refractivity contribution < 1.29 is 24.0 Å². The van der Waals surface area contributed by atoms with Crippen molar-refractivity contribution in [2.75, 3.05) is 32.7 Å². The van der Waals surface area contributed by atoms with Crippen LogP contribution < -0.4 is 51.2 Å². The summed E-state index contributed by atoms with van der Waals surface area (Å²) in [6, 6.07) is 0. The standard InChI is InChI=1S/C42H81N13O5/c1-4-5-13-30(17-9-24-51-39(43)44)34(56)21-6-14-31(18-10-25-52-40(45)46)35(57)22-7-15-32(19-11-26-53-41(47)48)36(58)23-8-16-33(20-12-27-54-42(49)50)38(60)55-28-37(59)29(2)3/h29-33H,4-28H2,1-3H3,(H,55,60)(H4,43,44,51)(H4,45,46,52)(H4,47,48,53)(H4,49,50,54). The number of carbonyl (C=O) groups excluding carboxylic acids is 5. The molecule has 0 rings (SSSR count). The van der Waals surface area contributed by atoms with Gasteiger partial charge in [0, 0.05) is 75.0 Å². The molecule has 0 radical (unpaired) electrons. The number of hydrogen-bond acceptors (Lipinski definition) is 9. The van der Waals surface area contributed by atoms with E-state index in [1.54, 1.807) is 13.8 Å². The fourth-order valence-corrected chi connectivity index (χ4v) is 7.14. The SMILES string of the molecule is CCCCC(CCCN=C(N)N)C(=O)CCCC(CCCN=C(N)N)C(=O)CCCC(CCCN=C(N)N)C(=O)CCCC(CCCN=C(N)N)C(=O)NCC(=O)C(C)C. The van der Waals surface area contributed by atoms with E-state index < -0.39 is 5.92 Å². The molecule has 0 spiro atoms. The van der Waals surface area contributed by atoms with Crippen LogP contribution in [0.15, 0.2) is 20.0 Å². The van der Waals surface area contributed by atoms with Crippen LogP contribution in [0, 0.1) is 29.6 Å². The Bertz CT molecular complexity index is 1380. The molecule has 0 fully saturated rings. The molecular weight excluding hydrogens is 767 g/mol. The molecule has 18 heteroatoms. The van der Waals surface area contributed by atoms with Crippen molar-refractivity contribution >= 4 is 52.9 Å². The molecule has 0 aromatic rings. The topological polar surface area (TPSA) is 355 Å². The van der Waals surface area contributed by atoms with Crippen molar-refractivity contribution in [2.45, 2.75) is 149 Å². The quantitative estimate of drug-likeness (QED) is 0.0245. The van der Waals surface area contributed by atoms with E-state index in [4.69, 9.17) is 45.9 Å². The molecule has 0 aliphatic heterocycles. The maximum atomic E-state index is 13.7. The van der Waals surface area contributed by atoms with Gasteiger partial charge in [0.1, 0.15) is 17.3 Å². The zero-order valence-corrected chi connectivity index (χ0v) is 37.0. The number of aliphatic imine (C=N–C) groups is 4. The Morgan fingerprint density at radius 1 is 0.417 bits per heavy atom. The van der Waals surface area contributed by atoms with Crippen molar-refractivity contribution in [1.82, 2.24) is 5.32 Å². The summed E-state index contributed by atoms with van der Waals surface area (Å²) in [4.78, 5) is 82.2. The molecule has 18 nitrogen and oxygen atoms in total. The Morgan fingerprint density at radius 3 is 1.00 bits per heavy atom. The summed E-state index contributed by atoms with van der Waals surface area (Å²) >= 11 is 0. The minimum Gasteiger partial charge on any atom is -0.370 e. The minimum absolute atomic E-state index is 0.00302. The molecule has 0 bridgehead atoms. The van der Waals surface area contributed by atoms with Gasteiger partial charge in [-0.1, -0.05) is 33.6 Å². The van der Waals surface area contributed by atoms with Crippen molar-refractivity contribution in [1.29, 1.82) is 0 Å². The maximum absolute atomic E-state index is 13.7. The predicted molar refractivity (Wildman–Crippen MR) is 243 cm³/mol. The first-order chi connectivity index (χ1) is 28.5. The van der Waals surface area contributed by atoms with Gasteiger partial charge in [-0.2, -0.15) is 0 Å². The second kappa shape index (κ2) is 34.0. The van der Waals surface area contributed by atoms with Gasteiger partial charge < -0.3 is 51.2 Å². The van der Waals surface area contributed by atoms with E-state index in [1.165, 1.54) is 0 Å². The second-order valence-electron chi connectivity index (χ2n) is 16.1. The number of nitrogens with zero attached hydrogens (tertiary/aromatic N) is 4. The lowest BCUT2D eigenvalue weighted by molar-refractivity contribution is -0.129. The van der Waals surface area contributed by atoms with Crippen LogP contribution in [0.4, 0.5) is 0 Å². The molecule has 60 heavy (non-hydrogen) atoms. The number of carbonyl (C=O) groups is 5. The van der Waals surface area contributed by atoms with Gasteiger partial charge >= 0.3 is 0 Å². The number of unbranched alkanes of at least 4 members (excludes halogenated alkanes) is 1. The van der Waals surface area contributed by atoms with Crippen molar-refractivity contribution in [3.05, 3.63) is 0 Å². The fourth-order valence-electron chi connectivity index (χ4n) is 7.14. The number of amides is 1. The maximum Gasteiger partial charge on any atom is 0.223 e. The monoisotopic (exact) mass is 848 g/mol. The molecule has 0 saturated carbocycles. The Balaban J connectivity index is 5.65. The highest BCUT2D eigenvalue weighted by molar-refractivity contribution is 5.88. The van der Waals surface area contributed by atoms with Crippen molar-refractivity contribution in [3.63, 3.8) is 0 Å². The number of hydrogen-bond donors (Lipinski definition) is 9. The van der Waals surface area contributed by atoms with Gasteiger partial charge in [0.2, 0.25) is 5.91 Å². The largest absolute Gasteiger partial charge is 0.370 e. The lowest BCUT2D eigenvalue weighted by Crippen LogP contribution is -2.36. The Kier molecular flexibility index (Phi) is 31.3. The van der Waals surface area contributed by atoms with Crippen LogP contribution in [0.1, 0.15) is 149 Å². The lowest BCUT2D eigenvalue weighted by atomic mass is 9.85. The Labute approximate surface area is 358 Å². The molecule has 4 unspecified atom stereocenters. The average Bonchev–Trinajstić information content (AvgIpc) is 3.18. The summed E-state index contributed by atoms with van der Waals surface area (Å²) in [5.74, 6) is -1.18. The van der Waals surface area contributed by atoms with E-state index in [1.807, 2.05) is 0 Å². The van der Waals surface area contributed by atoms with E-state index in [0.717, 1.165) is 32.1 Å². The van der Waals surface area contributed by atoms with Crippen LogP contribution in [0.2, 0.25) is 0 Å². The highest BCUT2D eigenvalue weighted by atomic mass is 16.2. The fraction of sp³-hybridized carbons (Fsp3) is 0.786. The van der Waals surface area contributed by atoms with E-state index >= 15 is 0 Å². The first kappa shape index (κ1) is 55.2. The smallest absolute Gasteiger partial charge is 0.223 e. The van der Waals surface area contributed by atoms with Crippen molar-refractivity contribution in [3.8, 4) is 0 Å². The number of Topliss-reactive ketones (excluding diaryl/α,β-unsaturated/α-hetero) is 4. The van der Waals surface area contributed by atoms with Crippen LogP contribution in [-0.2, 0) is 24.0 Å². The minimum atomic E-state index is -0.415. The molecular formula is C42H81N13O5. The molecule has 4 atom stereocenters. The normalized spacial score (nSPS) is 13.0. The molecule has 0 saturated heterocycles.